The Morgan fingerprint density at radius 3 is 1.73 bits per heavy atom. The SMILES string of the molecule is CC12CCCC1c1ccc3c(-c4c(O)ccc5c6c(ccc45)C4CCC[C@@]4(C)CC6)c(OS(=O)(=O)C(F)(F)F)ccc3c1CC2. The standard InChI is InChI=1S/C37H37F3O4S/c1-35-17-3-5-29(35)25-7-9-27-21(23(25)15-19-35)11-13-31(41)33(27)34-28-10-8-26-24(16-20-36(2)18-4-6-30(26)36)22(28)12-14-32(34)44-45(42,43)37(38,39)40/h7-14,29-30,41H,3-6,15-20H2,1-2H3/t29?,30?,35-,36?/m0/s1. The molecule has 0 aromatic heterocycles. The highest BCUT2D eigenvalue weighted by molar-refractivity contribution is 7.88. The van der Waals surface area contributed by atoms with E-state index >= 15 is 0 Å². The molecule has 45 heavy (non-hydrogen) atoms. The number of hydrogen-bond acceptors (Lipinski definition) is 4. The van der Waals surface area contributed by atoms with Gasteiger partial charge in [-0.1, -0.05) is 63.1 Å². The van der Waals surface area contributed by atoms with E-state index in [0.717, 1.165) is 54.9 Å². The molecule has 0 radical (unpaired) electrons. The first-order valence-electron chi connectivity index (χ1n) is 16.2. The van der Waals surface area contributed by atoms with Gasteiger partial charge in [-0.15, -0.1) is 0 Å². The average Bonchev–Trinajstić information content (AvgIpc) is 3.58. The number of benzene rings is 4. The summed E-state index contributed by atoms with van der Waals surface area (Å²) < 4.78 is 70.7. The Bertz CT molecular complexity index is 2020. The molecule has 2 saturated carbocycles. The summed E-state index contributed by atoms with van der Waals surface area (Å²) in [5, 5.41) is 14.5. The lowest BCUT2D eigenvalue weighted by molar-refractivity contribution is -0.0499. The number of fused-ring (bicyclic) bond motifs is 10. The van der Waals surface area contributed by atoms with Crippen molar-refractivity contribution in [1.29, 1.82) is 0 Å². The minimum Gasteiger partial charge on any atom is -0.507 e. The van der Waals surface area contributed by atoms with Crippen LogP contribution in [0.15, 0.2) is 48.5 Å². The molecule has 4 aliphatic carbocycles. The molecule has 3 unspecified atom stereocenters. The number of alkyl halides is 3. The molecule has 4 aromatic carbocycles. The summed E-state index contributed by atoms with van der Waals surface area (Å²) in [7, 11) is -5.97. The summed E-state index contributed by atoms with van der Waals surface area (Å²) in [6, 6.07) is 14.6. The number of rotatable bonds is 3. The maximum atomic E-state index is 13.6. The predicted molar refractivity (Wildman–Crippen MR) is 170 cm³/mol. The molecule has 0 spiro atoms. The average molecular weight is 635 g/mol. The third-order valence-electron chi connectivity index (χ3n) is 12.2. The van der Waals surface area contributed by atoms with Crippen molar-refractivity contribution in [3.05, 3.63) is 70.8 Å². The molecule has 4 aromatic rings. The van der Waals surface area contributed by atoms with Crippen molar-refractivity contribution >= 4 is 31.7 Å². The second-order valence-electron chi connectivity index (χ2n) is 14.5. The topological polar surface area (TPSA) is 63.6 Å². The van der Waals surface area contributed by atoms with Gasteiger partial charge >= 0.3 is 15.6 Å². The van der Waals surface area contributed by atoms with Gasteiger partial charge in [0.05, 0.1) is 0 Å². The Morgan fingerprint density at radius 1 is 0.711 bits per heavy atom. The quantitative estimate of drug-likeness (QED) is 0.180. The summed E-state index contributed by atoms with van der Waals surface area (Å²) in [6.45, 7) is 4.72. The van der Waals surface area contributed by atoms with Crippen molar-refractivity contribution in [3.8, 4) is 22.6 Å². The van der Waals surface area contributed by atoms with Crippen molar-refractivity contribution in [2.24, 2.45) is 10.8 Å². The van der Waals surface area contributed by atoms with Gasteiger partial charge in [0.1, 0.15) is 5.75 Å². The second kappa shape index (κ2) is 9.63. The van der Waals surface area contributed by atoms with Gasteiger partial charge in [-0.2, -0.15) is 21.6 Å². The Labute approximate surface area is 261 Å². The molecule has 4 nitrogen and oxygen atoms in total. The number of aromatic hydroxyl groups is 1. The monoisotopic (exact) mass is 634 g/mol. The number of hydrogen-bond donors (Lipinski definition) is 1. The molecule has 0 heterocycles. The summed E-state index contributed by atoms with van der Waals surface area (Å²) in [4.78, 5) is 0. The van der Waals surface area contributed by atoms with Gasteiger partial charge in [-0.05, 0) is 130 Å². The van der Waals surface area contributed by atoms with E-state index < -0.39 is 21.4 Å². The summed E-state index contributed by atoms with van der Waals surface area (Å²) in [6.07, 6.45) is 10.7. The predicted octanol–water partition coefficient (Wildman–Crippen LogP) is 10.0. The first-order chi connectivity index (χ1) is 21.3. The zero-order valence-corrected chi connectivity index (χ0v) is 26.4. The number of phenols is 1. The van der Waals surface area contributed by atoms with E-state index in [4.69, 9.17) is 4.18 Å². The van der Waals surface area contributed by atoms with E-state index in [1.165, 1.54) is 48.4 Å². The lowest BCUT2D eigenvalue weighted by Gasteiger charge is -2.39. The van der Waals surface area contributed by atoms with Gasteiger partial charge in [0, 0.05) is 11.1 Å². The maximum Gasteiger partial charge on any atom is 0.534 e. The fraction of sp³-hybridized carbons (Fsp3) is 0.459. The van der Waals surface area contributed by atoms with Crippen LogP contribution >= 0.6 is 0 Å². The molecular weight excluding hydrogens is 597 g/mol. The van der Waals surface area contributed by atoms with Crippen molar-refractivity contribution < 1.29 is 30.9 Å². The zero-order chi connectivity index (χ0) is 31.5. The fourth-order valence-electron chi connectivity index (χ4n) is 9.85. The molecule has 4 atom stereocenters. The number of halogens is 3. The van der Waals surface area contributed by atoms with Crippen LogP contribution in [0, 0.1) is 10.8 Å². The van der Waals surface area contributed by atoms with E-state index in [0.29, 0.717) is 28.2 Å². The molecule has 8 rings (SSSR count). The molecule has 236 valence electrons. The first-order valence-corrected chi connectivity index (χ1v) is 17.6. The van der Waals surface area contributed by atoms with Crippen LogP contribution in [0.4, 0.5) is 13.2 Å². The zero-order valence-electron chi connectivity index (χ0n) is 25.6. The van der Waals surface area contributed by atoms with Gasteiger partial charge < -0.3 is 9.29 Å². The highest BCUT2D eigenvalue weighted by Gasteiger charge is 2.49. The highest BCUT2D eigenvalue weighted by Crippen LogP contribution is 2.59. The number of aryl methyl sites for hydroxylation is 2. The summed E-state index contributed by atoms with van der Waals surface area (Å²) in [5.74, 6) is 0.287. The Morgan fingerprint density at radius 2 is 1.20 bits per heavy atom. The van der Waals surface area contributed by atoms with E-state index in [2.05, 4.69) is 26.0 Å². The molecule has 4 aliphatic rings. The minimum atomic E-state index is -5.97. The van der Waals surface area contributed by atoms with E-state index in [9.17, 15) is 26.7 Å². The maximum absolute atomic E-state index is 13.6. The van der Waals surface area contributed by atoms with E-state index in [1.54, 1.807) is 12.1 Å². The smallest absolute Gasteiger partial charge is 0.507 e. The van der Waals surface area contributed by atoms with Crippen molar-refractivity contribution in [2.75, 3.05) is 0 Å². The number of phenolic OH excluding ortho intramolecular Hbond substituents is 1. The van der Waals surface area contributed by atoms with E-state index in [1.807, 2.05) is 18.2 Å². The molecule has 8 heteroatoms. The minimum absolute atomic E-state index is 0.133. The molecule has 0 amide bonds. The Kier molecular flexibility index (Phi) is 6.24. The van der Waals surface area contributed by atoms with E-state index in [-0.39, 0.29) is 22.1 Å². The van der Waals surface area contributed by atoms with Gasteiger partial charge in [-0.3, -0.25) is 0 Å². The second-order valence-corrected chi connectivity index (χ2v) is 16.1. The molecule has 0 saturated heterocycles. The van der Waals surface area contributed by atoms with Crippen LogP contribution < -0.4 is 4.18 Å². The van der Waals surface area contributed by atoms with Gasteiger partial charge in [0.15, 0.2) is 5.75 Å². The van der Waals surface area contributed by atoms with Crippen LogP contribution in [-0.2, 0) is 23.0 Å². The Hall–Kier alpha value is -3.26. The van der Waals surface area contributed by atoms with Crippen LogP contribution in [-0.4, -0.2) is 19.0 Å². The van der Waals surface area contributed by atoms with Crippen molar-refractivity contribution in [2.45, 2.75) is 95.4 Å². The van der Waals surface area contributed by atoms with Crippen LogP contribution in [0.2, 0.25) is 0 Å². The normalized spacial score (nSPS) is 27.7. The highest BCUT2D eigenvalue weighted by atomic mass is 32.2. The lowest BCUT2D eigenvalue weighted by Crippen LogP contribution is -2.28. The van der Waals surface area contributed by atoms with Gasteiger partial charge in [0.2, 0.25) is 0 Å². The third kappa shape index (κ3) is 4.19. The molecular formula is C37H37F3O4S. The first kappa shape index (κ1) is 29.2. The van der Waals surface area contributed by atoms with Gasteiger partial charge in [0.25, 0.3) is 0 Å². The molecule has 0 aliphatic heterocycles. The van der Waals surface area contributed by atoms with Crippen LogP contribution in [0.3, 0.4) is 0 Å². The van der Waals surface area contributed by atoms with Crippen LogP contribution in [0.25, 0.3) is 32.7 Å². The Balaban J connectivity index is 1.40. The van der Waals surface area contributed by atoms with Gasteiger partial charge in [-0.25, -0.2) is 0 Å². The third-order valence-corrected chi connectivity index (χ3v) is 13.1. The van der Waals surface area contributed by atoms with Crippen molar-refractivity contribution in [1.82, 2.24) is 0 Å². The summed E-state index contributed by atoms with van der Waals surface area (Å²) in [5.41, 5.74) is 0.313. The molecule has 2 fully saturated rings. The van der Waals surface area contributed by atoms with Crippen LogP contribution in [0.5, 0.6) is 11.5 Å². The molecule has 1 N–H and O–H groups in total. The summed E-state index contributed by atoms with van der Waals surface area (Å²) >= 11 is 0. The largest absolute Gasteiger partial charge is 0.534 e. The van der Waals surface area contributed by atoms with Crippen molar-refractivity contribution in [3.63, 3.8) is 0 Å². The lowest BCUT2D eigenvalue weighted by atomic mass is 9.66. The molecule has 0 bridgehead atoms. The van der Waals surface area contributed by atoms with Crippen LogP contribution in [0.1, 0.15) is 99.3 Å². The fourth-order valence-corrected chi connectivity index (χ4v) is 10.3.